The Hall–Kier alpha value is -4.10. The molecule has 0 fully saturated rings. The van der Waals surface area contributed by atoms with Crippen molar-refractivity contribution >= 4 is 28.7 Å². The van der Waals surface area contributed by atoms with E-state index >= 15 is 0 Å². The summed E-state index contributed by atoms with van der Waals surface area (Å²) in [6.45, 7) is 8.12. The molecule has 6 nitrogen and oxygen atoms in total. The lowest BCUT2D eigenvalue weighted by Crippen LogP contribution is -2.31. The smallest absolute Gasteiger partial charge is 0.294 e. The minimum Gasteiger partial charge on any atom is -0.503 e. The second-order valence-electron chi connectivity index (χ2n) is 10.0. The first-order valence-corrected chi connectivity index (χ1v) is 12.8. The summed E-state index contributed by atoms with van der Waals surface area (Å²) >= 11 is 1.25. The number of benzene rings is 2. The number of rotatable bonds is 5. The Morgan fingerprint density at radius 3 is 2.27 bits per heavy atom. The molecule has 186 valence electrons. The number of hydrogen-bond acceptors (Lipinski definition) is 6. The number of aliphatic hydroxyl groups excluding tert-OH is 1. The van der Waals surface area contributed by atoms with Crippen molar-refractivity contribution in [2.24, 2.45) is 0 Å². The molecule has 7 heteroatoms. The average molecular weight is 510 g/mol. The molecule has 1 aliphatic rings. The van der Waals surface area contributed by atoms with Crippen molar-refractivity contribution in [1.29, 1.82) is 0 Å². The lowest BCUT2D eigenvalue weighted by Gasteiger charge is -2.27. The molecule has 0 saturated carbocycles. The van der Waals surface area contributed by atoms with Gasteiger partial charge in [-0.05, 0) is 42.2 Å². The van der Waals surface area contributed by atoms with Gasteiger partial charge in [-0.15, -0.1) is 11.3 Å². The summed E-state index contributed by atoms with van der Waals surface area (Å²) in [5, 5.41) is 11.8. The number of aryl methyl sites for hydroxylation is 1. The van der Waals surface area contributed by atoms with Crippen LogP contribution in [0.2, 0.25) is 0 Å². The Balaban J connectivity index is 1.60. The molecule has 1 N–H and O–H groups in total. The number of aliphatic hydroxyl groups is 1. The fourth-order valence-electron chi connectivity index (χ4n) is 4.48. The van der Waals surface area contributed by atoms with Crippen LogP contribution in [0.15, 0.2) is 90.3 Å². The average Bonchev–Trinajstić information content (AvgIpc) is 3.41. The first kappa shape index (κ1) is 24.6. The van der Waals surface area contributed by atoms with E-state index in [4.69, 9.17) is 0 Å². The van der Waals surface area contributed by atoms with Gasteiger partial charge in [-0.2, -0.15) is 0 Å². The van der Waals surface area contributed by atoms with Crippen LogP contribution in [0.25, 0.3) is 10.6 Å². The van der Waals surface area contributed by atoms with Crippen LogP contribution < -0.4 is 4.90 Å². The fourth-order valence-corrected chi connectivity index (χ4v) is 5.50. The highest BCUT2D eigenvalue weighted by Crippen LogP contribution is 2.43. The maximum atomic E-state index is 14.0. The van der Waals surface area contributed by atoms with Crippen molar-refractivity contribution in [3.05, 3.63) is 112 Å². The van der Waals surface area contributed by atoms with Crippen LogP contribution in [0.3, 0.4) is 0 Å². The maximum Gasteiger partial charge on any atom is 0.294 e. The Morgan fingerprint density at radius 1 is 0.973 bits per heavy atom. The zero-order chi connectivity index (χ0) is 26.3. The highest BCUT2D eigenvalue weighted by molar-refractivity contribution is 7.17. The number of carbonyl (C=O) groups excluding carboxylic acids is 2. The highest BCUT2D eigenvalue weighted by atomic mass is 32.1. The van der Waals surface area contributed by atoms with Crippen molar-refractivity contribution in [2.45, 2.75) is 39.2 Å². The van der Waals surface area contributed by atoms with E-state index in [1.165, 1.54) is 16.2 Å². The van der Waals surface area contributed by atoms with Crippen molar-refractivity contribution < 1.29 is 14.7 Å². The van der Waals surface area contributed by atoms with Gasteiger partial charge < -0.3 is 5.11 Å². The number of aromatic nitrogens is 2. The van der Waals surface area contributed by atoms with E-state index in [2.05, 4.69) is 30.7 Å². The standard InChI is InChI=1S/C30H27N3O3S/c1-18-27(37-28(32-18)19-10-6-5-7-11-19)25(34)23-24(22-12-8-9-17-31-22)33(29(36)26(23)35)21-15-13-20(14-16-21)30(2,3)4/h5-17,24,35H,1-4H3. The Morgan fingerprint density at radius 2 is 1.65 bits per heavy atom. The van der Waals surface area contributed by atoms with Crippen LogP contribution >= 0.6 is 11.3 Å². The first-order chi connectivity index (χ1) is 17.7. The van der Waals surface area contributed by atoms with E-state index in [1.54, 1.807) is 31.3 Å². The zero-order valence-corrected chi connectivity index (χ0v) is 21.9. The van der Waals surface area contributed by atoms with Gasteiger partial charge in [0.25, 0.3) is 5.91 Å². The topological polar surface area (TPSA) is 83.4 Å². The summed E-state index contributed by atoms with van der Waals surface area (Å²) in [6, 6.07) is 21.7. The third kappa shape index (κ3) is 4.47. The number of hydrogen-bond donors (Lipinski definition) is 1. The van der Waals surface area contributed by atoms with Gasteiger partial charge in [0.05, 0.1) is 21.8 Å². The van der Waals surface area contributed by atoms with Crippen molar-refractivity contribution in [2.75, 3.05) is 4.90 Å². The highest BCUT2D eigenvalue weighted by Gasteiger charge is 2.46. The number of Topliss-reactive ketones (excluding diaryl/α,β-unsaturated/α-hetero) is 1. The molecule has 5 rings (SSSR count). The third-order valence-corrected chi connectivity index (χ3v) is 7.66. The second-order valence-corrected chi connectivity index (χ2v) is 11.0. The van der Waals surface area contributed by atoms with Crippen molar-refractivity contribution in [3.8, 4) is 10.6 Å². The fraction of sp³-hybridized carbons (Fsp3) is 0.200. The maximum absolute atomic E-state index is 14.0. The Labute approximate surface area is 220 Å². The molecule has 0 spiro atoms. The molecule has 4 aromatic rings. The van der Waals surface area contributed by atoms with Gasteiger partial charge in [-0.25, -0.2) is 4.98 Å². The molecule has 0 bridgehead atoms. The predicted molar refractivity (Wildman–Crippen MR) is 146 cm³/mol. The monoisotopic (exact) mass is 509 g/mol. The summed E-state index contributed by atoms with van der Waals surface area (Å²) in [4.78, 5) is 38.3. The van der Waals surface area contributed by atoms with Gasteiger partial charge in [0.2, 0.25) is 5.78 Å². The van der Waals surface area contributed by atoms with E-state index in [-0.39, 0.29) is 11.0 Å². The van der Waals surface area contributed by atoms with Gasteiger partial charge in [0.15, 0.2) is 5.76 Å². The number of amides is 1. The van der Waals surface area contributed by atoms with Crippen LogP contribution in [0.4, 0.5) is 5.69 Å². The Kier molecular flexibility index (Phi) is 6.25. The summed E-state index contributed by atoms with van der Waals surface area (Å²) < 4.78 is 0. The van der Waals surface area contributed by atoms with Crippen molar-refractivity contribution in [3.63, 3.8) is 0 Å². The zero-order valence-electron chi connectivity index (χ0n) is 21.1. The van der Waals surface area contributed by atoms with Crippen LogP contribution in [0, 0.1) is 6.92 Å². The van der Waals surface area contributed by atoms with Crippen LogP contribution in [0.5, 0.6) is 0 Å². The molecule has 0 aliphatic carbocycles. The van der Waals surface area contributed by atoms with E-state index in [0.29, 0.717) is 27.0 Å². The Bertz CT molecular complexity index is 1500. The van der Waals surface area contributed by atoms with Crippen LogP contribution in [-0.4, -0.2) is 26.8 Å². The predicted octanol–water partition coefficient (Wildman–Crippen LogP) is 6.59. The van der Waals surface area contributed by atoms with Crippen LogP contribution in [0.1, 0.15) is 53.4 Å². The number of nitrogens with zero attached hydrogens (tertiary/aromatic N) is 3. The van der Waals surface area contributed by atoms with Gasteiger partial charge in [0.1, 0.15) is 11.0 Å². The van der Waals surface area contributed by atoms with Gasteiger partial charge in [0, 0.05) is 17.4 Å². The number of anilines is 1. The summed E-state index contributed by atoms with van der Waals surface area (Å²) in [5.41, 5.74) is 3.58. The molecule has 1 amide bonds. The van der Waals surface area contributed by atoms with E-state index < -0.39 is 23.5 Å². The molecule has 1 unspecified atom stereocenters. The van der Waals surface area contributed by atoms with Gasteiger partial charge >= 0.3 is 0 Å². The third-order valence-electron chi connectivity index (χ3n) is 6.46. The molecule has 37 heavy (non-hydrogen) atoms. The van der Waals surface area contributed by atoms with Gasteiger partial charge in [-0.3, -0.25) is 19.5 Å². The molecule has 1 atom stereocenters. The lowest BCUT2D eigenvalue weighted by molar-refractivity contribution is -0.117. The SMILES string of the molecule is Cc1nc(-c2ccccc2)sc1C(=O)C1=C(O)C(=O)N(c2ccc(C(C)(C)C)cc2)C1c1ccccn1. The molecule has 0 saturated heterocycles. The minimum absolute atomic E-state index is 0.00922. The van der Waals surface area contributed by atoms with Gasteiger partial charge in [-0.1, -0.05) is 69.3 Å². The van der Waals surface area contributed by atoms with Crippen molar-refractivity contribution in [1.82, 2.24) is 9.97 Å². The molecular formula is C30H27N3O3S. The quantitative estimate of drug-likeness (QED) is 0.307. The molecule has 3 heterocycles. The lowest BCUT2D eigenvalue weighted by atomic mass is 9.87. The summed E-state index contributed by atoms with van der Waals surface area (Å²) in [5.74, 6) is -1.62. The van der Waals surface area contributed by atoms with Crippen LogP contribution in [-0.2, 0) is 10.2 Å². The van der Waals surface area contributed by atoms with E-state index in [9.17, 15) is 14.7 Å². The normalized spacial score (nSPS) is 15.9. The van der Waals surface area contributed by atoms with E-state index in [0.717, 1.165) is 11.1 Å². The number of carbonyl (C=O) groups is 2. The second kappa shape index (κ2) is 9.41. The largest absolute Gasteiger partial charge is 0.503 e. The minimum atomic E-state index is -0.872. The van der Waals surface area contributed by atoms with E-state index in [1.807, 2.05) is 54.6 Å². The molecule has 2 aromatic heterocycles. The molecular weight excluding hydrogens is 482 g/mol. The number of thiazole rings is 1. The first-order valence-electron chi connectivity index (χ1n) is 12.0. The molecule has 0 radical (unpaired) electrons. The number of ketones is 1. The summed E-state index contributed by atoms with van der Waals surface area (Å²) in [7, 11) is 0. The number of pyridine rings is 1. The molecule has 1 aliphatic heterocycles. The molecule has 2 aromatic carbocycles. The summed E-state index contributed by atoms with van der Waals surface area (Å²) in [6.07, 6.45) is 1.61.